The van der Waals surface area contributed by atoms with Crippen LogP contribution in [0.2, 0.25) is 0 Å². The van der Waals surface area contributed by atoms with Crippen LogP contribution < -0.4 is 10.5 Å². The molecule has 0 aliphatic carbocycles. The number of para-hydroxylation sites is 1. The van der Waals surface area contributed by atoms with Gasteiger partial charge in [-0.3, -0.25) is 4.90 Å². The molecule has 0 aliphatic rings. The minimum Gasteiger partial charge on any atom is -0.496 e. The highest BCUT2D eigenvalue weighted by molar-refractivity contribution is 7.98. The van der Waals surface area contributed by atoms with Crippen molar-refractivity contribution >= 4 is 11.8 Å². The molecule has 0 aliphatic heterocycles. The zero-order valence-corrected chi connectivity index (χ0v) is 14.9. The number of hydrogen-bond acceptors (Lipinski definition) is 4. The summed E-state index contributed by atoms with van der Waals surface area (Å²) < 4.78 is 5.48. The van der Waals surface area contributed by atoms with Crippen LogP contribution in [0.4, 0.5) is 0 Å². The topological polar surface area (TPSA) is 38.5 Å². The van der Waals surface area contributed by atoms with Gasteiger partial charge in [-0.15, -0.1) is 0 Å². The van der Waals surface area contributed by atoms with E-state index >= 15 is 0 Å². The van der Waals surface area contributed by atoms with Crippen molar-refractivity contribution in [1.29, 1.82) is 0 Å². The van der Waals surface area contributed by atoms with Crippen LogP contribution in [-0.4, -0.2) is 49.2 Å². The molecule has 2 unspecified atom stereocenters. The van der Waals surface area contributed by atoms with Gasteiger partial charge in [-0.1, -0.05) is 18.2 Å². The maximum absolute atomic E-state index is 6.13. The van der Waals surface area contributed by atoms with E-state index in [0.29, 0.717) is 12.6 Å². The second-order valence-electron chi connectivity index (χ2n) is 5.93. The summed E-state index contributed by atoms with van der Waals surface area (Å²) in [6, 6.07) is 8.73. The fraction of sp³-hybridized carbons (Fsp3) is 0.647. The van der Waals surface area contributed by atoms with Crippen LogP contribution in [0.3, 0.4) is 0 Å². The first kappa shape index (κ1) is 18.3. The number of methoxy groups -OCH3 is 1. The predicted octanol–water partition coefficient (Wildman–Crippen LogP) is 3.03. The summed E-state index contributed by atoms with van der Waals surface area (Å²) in [6.07, 6.45) is 4.23. The molecule has 1 aromatic rings. The van der Waals surface area contributed by atoms with E-state index in [-0.39, 0.29) is 5.54 Å². The highest BCUT2D eigenvalue weighted by Gasteiger charge is 2.31. The summed E-state index contributed by atoms with van der Waals surface area (Å²) in [7, 11) is 3.91. The van der Waals surface area contributed by atoms with Gasteiger partial charge in [-0.05, 0) is 57.4 Å². The summed E-state index contributed by atoms with van der Waals surface area (Å²) >= 11 is 1.90. The Hall–Kier alpha value is -0.710. The van der Waals surface area contributed by atoms with E-state index in [1.54, 1.807) is 7.11 Å². The lowest BCUT2D eigenvalue weighted by Crippen LogP contribution is -2.54. The van der Waals surface area contributed by atoms with Gasteiger partial charge in [-0.25, -0.2) is 0 Å². The summed E-state index contributed by atoms with van der Waals surface area (Å²) in [6.45, 7) is 5.16. The highest BCUT2D eigenvalue weighted by atomic mass is 32.2. The smallest absolute Gasteiger partial charge is 0.122 e. The Labute approximate surface area is 134 Å². The van der Waals surface area contributed by atoms with E-state index in [0.717, 1.165) is 12.2 Å². The average molecular weight is 311 g/mol. The normalized spacial score (nSPS) is 15.8. The van der Waals surface area contributed by atoms with Crippen molar-refractivity contribution in [2.24, 2.45) is 5.73 Å². The van der Waals surface area contributed by atoms with Gasteiger partial charge in [0.25, 0.3) is 0 Å². The van der Waals surface area contributed by atoms with Crippen LogP contribution in [0.1, 0.15) is 25.8 Å². The minimum atomic E-state index is -0.0630. The lowest BCUT2D eigenvalue weighted by atomic mass is 9.89. The summed E-state index contributed by atoms with van der Waals surface area (Å²) in [5.74, 6) is 2.13. The Morgan fingerprint density at radius 1 is 1.38 bits per heavy atom. The summed E-state index contributed by atoms with van der Waals surface area (Å²) in [5, 5.41) is 0. The molecule has 0 radical (unpaired) electrons. The van der Waals surface area contributed by atoms with Gasteiger partial charge in [0, 0.05) is 18.1 Å². The molecule has 1 aromatic carbocycles. The molecule has 4 heteroatoms. The van der Waals surface area contributed by atoms with E-state index < -0.39 is 0 Å². The average Bonchev–Trinajstić information content (AvgIpc) is 2.52. The number of nitrogens with zero attached hydrogens (tertiary/aromatic N) is 1. The SMILES string of the molecule is COc1ccccc1CC(C)(CN)N(C)C(C)CCSC. The molecule has 0 heterocycles. The number of ether oxygens (including phenoxy) is 1. The first-order chi connectivity index (χ1) is 9.98. The van der Waals surface area contributed by atoms with Gasteiger partial charge in [0.2, 0.25) is 0 Å². The quantitative estimate of drug-likeness (QED) is 0.761. The Morgan fingerprint density at radius 2 is 2.05 bits per heavy atom. The van der Waals surface area contributed by atoms with Crippen LogP contribution in [0.15, 0.2) is 24.3 Å². The third-order valence-corrected chi connectivity index (χ3v) is 5.10. The third kappa shape index (κ3) is 4.90. The van der Waals surface area contributed by atoms with Crippen molar-refractivity contribution in [3.05, 3.63) is 29.8 Å². The number of nitrogens with two attached hydrogens (primary N) is 1. The second kappa shape index (κ2) is 8.66. The minimum absolute atomic E-state index is 0.0630. The van der Waals surface area contributed by atoms with Crippen molar-refractivity contribution in [1.82, 2.24) is 4.90 Å². The zero-order valence-electron chi connectivity index (χ0n) is 14.1. The maximum atomic E-state index is 6.13. The van der Waals surface area contributed by atoms with Gasteiger partial charge in [-0.2, -0.15) is 11.8 Å². The standard InChI is InChI=1S/C17H30N2OS/c1-14(10-11-21-5)19(3)17(2,13-18)12-15-8-6-7-9-16(15)20-4/h6-9,14H,10-13,18H2,1-5H3. The van der Waals surface area contributed by atoms with Crippen LogP contribution in [-0.2, 0) is 6.42 Å². The number of benzene rings is 1. The molecule has 0 saturated heterocycles. The van der Waals surface area contributed by atoms with Crippen molar-refractivity contribution in [2.45, 2.75) is 38.3 Å². The molecular formula is C17H30N2OS. The molecule has 21 heavy (non-hydrogen) atoms. The van der Waals surface area contributed by atoms with E-state index in [1.807, 2.05) is 23.9 Å². The number of hydrogen-bond donors (Lipinski definition) is 1. The van der Waals surface area contributed by atoms with Crippen molar-refractivity contribution < 1.29 is 4.74 Å². The highest BCUT2D eigenvalue weighted by Crippen LogP contribution is 2.27. The Morgan fingerprint density at radius 3 is 2.62 bits per heavy atom. The lowest BCUT2D eigenvalue weighted by Gasteiger charge is -2.42. The molecule has 0 amide bonds. The van der Waals surface area contributed by atoms with Gasteiger partial charge in [0.15, 0.2) is 0 Å². The van der Waals surface area contributed by atoms with E-state index in [2.05, 4.69) is 44.2 Å². The summed E-state index contributed by atoms with van der Waals surface area (Å²) in [4.78, 5) is 2.43. The monoisotopic (exact) mass is 310 g/mol. The lowest BCUT2D eigenvalue weighted by molar-refractivity contribution is 0.0979. The first-order valence-electron chi connectivity index (χ1n) is 7.52. The van der Waals surface area contributed by atoms with Crippen LogP contribution in [0.25, 0.3) is 0 Å². The first-order valence-corrected chi connectivity index (χ1v) is 8.91. The molecule has 1 rings (SSSR count). The molecule has 0 saturated carbocycles. The molecule has 2 N–H and O–H groups in total. The Balaban J connectivity index is 2.88. The predicted molar refractivity (Wildman–Crippen MR) is 94.4 cm³/mol. The van der Waals surface area contributed by atoms with Gasteiger partial charge in [0.05, 0.1) is 7.11 Å². The Bertz CT molecular complexity index is 427. The molecule has 3 nitrogen and oxygen atoms in total. The molecular weight excluding hydrogens is 280 g/mol. The van der Waals surface area contributed by atoms with Crippen molar-refractivity contribution in [2.75, 3.05) is 32.7 Å². The zero-order chi connectivity index (χ0) is 15.9. The van der Waals surface area contributed by atoms with Crippen LogP contribution in [0, 0.1) is 0 Å². The largest absolute Gasteiger partial charge is 0.496 e. The second-order valence-corrected chi connectivity index (χ2v) is 6.92. The summed E-state index contributed by atoms with van der Waals surface area (Å²) in [5.41, 5.74) is 7.28. The molecule has 0 aromatic heterocycles. The molecule has 0 bridgehead atoms. The maximum Gasteiger partial charge on any atom is 0.122 e. The van der Waals surface area contributed by atoms with E-state index in [1.165, 1.54) is 17.7 Å². The molecule has 0 spiro atoms. The fourth-order valence-corrected chi connectivity index (χ4v) is 3.19. The van der Waals surface area contributed by atoms with Crippen LogP contribution >= 0.6 is 11.8 Å². The van der Waals surface area contributed by atoms with Crippen LogP contribution in [0.5, 0.6) is 5.75 Å². The number of likely N-dealkylation sites (N-methyl/N-ethyl adjacent to an activating group) is 1. The Kier molecular flexibility index (Phi) is 7.57. The van der Waals surface area contributed by atoms with Crippen molar-refractivity contribution in [3.63, 3.8) is 0 Å². The van der Waals surface area contributed by atoms with Gasteiger partial charge in [0.1, 0.15) is 5.75 Å². The third-order valence-electron chi connectivity index (χ3n) is 4.46. The van der Waals surface area contributed by atoms with Crippen molar-refractivity contribution in [3.8, 4) is 5.75 Å². The molecule has 120 valence electrons. The van der Waals surface area contributed by atoms with E-state index in [9.17, 15) is 0 Å². The fourth-order valence-electron chi connectivity index (χ4n) is 2.61. The molecule has 0 fully saturated rings. The molecule has 2 atom stereocenters. The van der Waals surface area contributed by atoms with Gasteiger partial charge >= 0.3 is 0 Å². The van der Waals surface area contributed by atoms with E-state index in [4.69, 9.17) is 10.5 Å². The number of thioether (sulfide) groups is 1. The van der Waals surface area contributed by atoms with Gasteiger partial charge < -0.3 is 10.5 Å². The number of rotatable bonds is 9.